The first kappa shape index (κ1) is 9.97. The third-order valence-electron chi connectivity index (χ3n) is 2.13. The van der Waals surface area contributed by atoms with Crippen LogP contribution in [0.25, 0.3) is 11.0 Å². The molecule has 3 nitrogen and oxygen atoms in total. The minimum Gasteiger partial charge on any atom is -0.392 e. The molecule has 0 unspecified atom stereocenters. The number of aliphatic hydroxyl groups excluding tert-OH is 1. The quantitative estimate of drug-likeness (QED) is 0.766. The van der Waals surface area contributed by atoms with E-state index in [0.717, 1.165) is 0 Å². The lowest BCUT2D eigenvalue weighted by Gasteiger charge is -2.11. The van der Waals surface area contributed by atoms with E-state index in [4.69, 9.17) is 5.11 Å². The highest BCUT2D eigenvalue weighted by Crippen LogP contribution is 2.36. The zero-order valence-corrected chi connectivity index (χ0v) is 7.47. The van der Waals surface area contributed by atoms with Crippen LogP contribution >= 0.6 is 0 Å². The minimum atomic E-state index is -4.51. The van der Waals surface area contributed by atoms with Crippen molar-refractivity contribution < 1.29 is 18.3 Å². The largest absolute Gasteiger partial charge is 0.418 e. The fourth-order valence-electron chi connectivity index (χ4n) is 1.50. The van der Waals surface area contributed by atoms with E-state index in [-0.39, 0.29) is 11.1 Å². The number of alkyl halides is 3. The fraction of sp³-hybridized carbons (Fsp3) is 0.222. The second-order valence-electron chi connectivity index (χ2n) is 3.05. The Morgan fingerprint density at radius 1 is 1.33 bits per heavy atom. The van der Waals surface area contributed by atoms with Crippen molar-refractivity contribution in [3.8, 4) is 0 Å². The van der Waals surface area contributed by atoms with Crippen molar-refractivity contribution in [1.29, 1.82) is 0 Å². The van der Waals surface area contributed by atoms with Gasteiger partial charge in [-0.2, -0.15) is 13.2 Å². The van der Waals surface area contributed by atoms with Gasteiger partial charge in [-0.25, -0.2) is 4.98 Å². The molecule has 0 bridgehead atoms. The molecular weight excluding hydrogens is 209 g/mol. The Morgan fingerprint density at radius 3 is 2.67 bits per heavy atom. The van der Waals surface area contributed by atoms with Crippen LogP contribution in [-0.4, -0.2) is 15.1 Å². The molecular formula is C9H7F3N2O. The molecule has 2 aromatic rings. The predicted octanol–water partition coefficient (Wildman–Crippen LogP) is 2.07. The number of aromatic nitrogens is 2. The van der Waals surface area contributed by atoms with Gasteiger partial charge in [0, 0.05) is 0 Å². The highest BCUT2D eigenvalue weighted by Gasteiger charge is 2.36. The second-order valence-corrected chi connectivity index (χ2v) is 3.05. The van der Waals surface area contributed by atoms with Gasteiger partial charge in [0.15, 0.2) is 0 Å². The number of nitrogens with zero attached hydrogens (tertiary/aromatic N) is 1. The number of fused-ring (bicyclic) bond motifs is 1. The predicted molar refractivity (Wildman–Crippen MR) is 47.0 cm³/mol. The van der Waals surface area contributed by atoms with Crippen molar-refractivity contribution in [3.05, 3.63) is 29.6 Å². The number of aliphatic hydroxyl groups is 1. The van der Waals surface area contributed by atoms with Gasteiger partial charge in [-0.1, -0.05) is 6.07 Å². The van der Waals surface area contributed by atoms with Gasteiger partial charge in [0.2, 0.25) is 0 Å². The van der Waals surface area contributed by atoms with Gasteiger partial charge in [0.05, 0.1) is 24.0 Å². The summed E-state index contributed by atoms with van der Waals surface area (Å²) in [7, 11) is 0. The molecule has 0 saturated carbocycles. The maximum atomic E-state index is 12.7. The minimum absolute atomic E-state index is 0.158. The molecule has 0 saturated heterocycles. The van der Waals surface area contributed by atoms with Crippen LogP contribution < -0.4 is 0 Å². The van der Waals surface area contributed by atoms with Crippen LogP contribution in [-0.2, 0) is 12.8 Å². The summed E-state index contributed by atoms with van der Waals surface area (Å²) in [5, 5.41) is 8.84. The number of rotatable bonds is 1. The molecule has 2 N–H and O–H groups in total. The van der Waals surface area contributed by atoms with E-state index in [1.54, 1.807) is 0 Å². The molecule has 1 aromatic carbocycles. The Morgan fingerprint density at radius 2 is 2.07 bits per heavy atom. The van der Waals surface area contributed by atoms with Crippen LogP contribution in [0, 0.1) is 0 Å². The van der Waals surface area contributed by atoms with Crippen LogP contribution in [0.15, 0.2) is 18.5 Å². The molecule has 1 heterocycles. The van der Waals surface area contributed by atoms with Gasteiger partial charge >= 0.3 is 6.18 Å². The topological polar surface area (TPSA) is 48.9 Å². The number of H-pyrrole nitrogens is 1. The average molecular weight is 216 g/mol. The Balaban J connectivity index is 2.80. The van der Waals surface area contributed by atoms with Crippen LogP contribution in [0.4, 0.5) is 13.2 Å². The standard InChI is InChI=1S/C9H7F3N2O/c10-9(11,12)7-5(3-15)1-2-6-8(7)14-4-13-6/h1-2,4,15H,3H2,(H,13,14). The van der Waals surface area contributed by atoms with E-state index in [0.29, 0.717) is 5.52 Å². The molecule has 0 amide bonds. The zero-order chi connectivity index (χ0) is 11.1. The summed E-state index contributed by atoms with van der Waals surface area (Å²) < 4.78 is 38.0. The number of benzene rings is 1. The van der Waals surface area contributed by atoms with E-state index in [1.807, 2.05) is 0 Å². The number of hydrogen-bond donors (Lipinski definition) is 2. The first-order chi connectivity index (χ1) is 7.04. The van der Waals surface area contributed by atoms with Gasteiger partial charge < -0.3 is 10.1 Å². The van der Waals surface area contributed by atoms with Crippen LogP contribution in [0.3, 0.4) is 0 Å². The molecule has 6 heteroatoms. The third kappa shape index (κ3) is 1.56. The lowest BCUT2D eigenvalue weighted by molar-refractivity contribution is -0.137. The number of halogens is 3. The van der Waals surface area contributed by atoms with E-state index in [2.05, 4.69) is 9.97 Å². The fourth-order valence-corrected chi connectivity index (χ4v) is 1.50. The molecule has 0 aliphatic heterocycles. The smallest absolute Gasteiger partial charge is 0.392 e. The SMILES string of the molecule is OCc1ccc2[nH]cnc2c1C(F)(F)F. The van der Waals surface area contributed by atoms with Gasteiger partial charge in [-0.15, -0.1) is 0 Å². The average Bonchev–Trinajstić information content (AvgIpc) is 2.61. The van der Waals surface area contributed by atoms with E-state index >= 15 is 0 Å². The zero-order valence-electron chi connectivity index (χ0n) is 7.47. The van der Waals surface area contributed by atoms with Gasteiger partial charge in [-0.3, -0.25) is 0 Å². The summed E-state index contributed by atoms with van der Waals surface area (Å²) in [5.74, 6) is 0. The lowest BCUT2D eigenvalue weighted by Crippen LogP contribution is -2.10. The monoisotopic (exact) mass is 216 g/mol. The maximum Gasteiger partial charge on any atom is 0.418 e. The van der Waals surface area contributed by atoms with Crippen LogP contribution in [0.1, 0.15) is 11.1 Å². The van der Waals surface area contributed by atoms with Crippen LogP contribution in [0.2, 0.25) is 0 Å². The summed E-state index contributed by atoms with van der Waals surface area (Å²) in [5.41, 5.74) is -0.889. The van der Waals surface area contributed by atoms with Crippen molar-refractivity contribution >= 4 is 11.0 Å². The van der Waals surface area contributed by atoms with Gasteiger partial charge in [0.25, 0.3) is 0 Å². The maximum absolute atomic E-state index is 12.7. The van der Waals surface area contributed by atoms with Crippen molar-refractivity contribution in [2.75, 3.05) is 0 Å². The van der Waals surface area contributed by atoms with Gasteiger partial charge in [0.1, 0.15) is 5.52 Å². The molecule has 1 aromatic heterocycles. The van der Waals surface area contributed by atoms with Crippen molar-refractivity contribution in [1.82, 2.24) is 9.97 Å². The van der Waals surface area contributed by atoms with Crippen molar-refractivity contribution in [3.63, 3.8) is 0 Å². The number of hydrogen-bond acceptors (Lipinski definition) is 2. The first-order valence-electron chi connectivity index (χ1n) is 4.17. The lowest BCUT2D eigenvalue weighted by atomic mass is 10.1. The van der Waals surface area contributed by atoms with E-state index in [1.165, 1.54) is 18.5 Å². The molecule has 0 aliphatic carbocycles. The number of nitrogens with one attached hydrogen (secondary N) is 1. The highest BCUT2D eigenvalue weighted by atomic mass is 19.4. The summed E-state index contributed by atoms with van der Waals surface area (Å²) in [6.07, 6.45) is -3.31. The first-order valence-corrected chi connectivity index (χ1v) is 4.17. The molecule has 0 spiro atoms. The molecule has 0 atom stereocenters. The molecule has 80 valence electrons. The summed E-state index contributed by atoms with van der Waals surface area (Å²) in [6.45, 7) is -0.655. The normalized spacial score (nSPS) is 12.3. The molecule has 0 aliphatic rings. The Kier molecular flexibility index (Phi) is 2.15. The Hall–Kier alpha value is -1.56. The molecule has 0 radical (unpaired) electrons. The van der Waals surface area contributed by atoms with E-state index < -0.39 is 18.3 Å². The highest BCUT2D eigenvalue weighted by molar-refractivity contribution is 5.80. The third-order valence-corrected chi connectivity index (χ3v) is 2.13. The Labute approximate surface area is 82.6 Å². The Bertz CT molecular complexity index is 490. The number of imidazole rings is 1. The number of aromatic amines is 1. The molecule has 15 heavy (non-hydrogen) atoms. The summed E-state index contributed by atoms with van der Waals surface area (Å²) >= 11 is 0. The summed E-state index contributed by atoms with van der Waals surface area (Å²) in [4.78, 5) is 6.20. The van der Waals surface area contributed by atoms with Crippen LogP contribution in [0.5, 0.6) is 0 Å². The van der Waals surface area contributed by atoms with Crippen molar-refractivity contribution in [2.24, 2.45) is 0 Å². The van der Waals surface area contributed by atoms with Gasteiger partial charge in [-0.05, 0) is 11.6 Å². The van der Waals surface area contributed by atoms with Crippen molar-refractivity contribution in [2.45, 2.75) is 12.8 Å². The second kappa shape index (κ2) is 3.23. The van der Waals surface area contributed by atoms with E-state index in [9.17, 15) is 13.2 Å². The summed E-state index contributed by atoms with van der Waals surface area (Å²) in [6, 6.07) is 2.70. The molecule has 2 rings (SSSR count). The molecule has 0 fully saturated rings.